The summed E-state index contributed by atoms with van der Waals surface area (Å²) in [5, 5.41) is 24.6. The third-order valence-corrected chi connectivity index (χ3v) is 8.00. The summed E-state index contributed by atoms with van der Waals surface area (Å²) in [6, 6.07) is 1.04. The highest BCUT2D eigenvalue weighted by Gasteiger charge is 2.35. The number of carboxylic acid groups (broad SMARTS) is 1. The van der Waals surface area contributed by atoms with Crippen molar-refractivity contribution in [3.8, 4) is 0 Å². The quantitative estimate of drug-likeness (QED) is 0.0630. The van der Waals surface area contributed by atoms with Crippen LogP contribution in [-0.2, 0) is 51.2 Å². The van der Waals surface area contributed by atoms with E-state index in [1.54, 1.807) is 58.0 Å². The average molecular weight is 743 g/mol. The fourth-order valence-corrected chi connectivity index (χ4v) is 5.04. The van der Waals surface area contributed by atoms with Crippen LogP contribution in [0.4, 0.5) is 0 Å². The molecule has 0 unspecified atom stereocenters. The molecule has 2 aromatic rings. The van der Waals surface area contributed by atoms with Gasteiger partial charge in [-0.3, -0.25) is 33.6 Å². The maximum Gasteiger partial charge on any atom is 0.326 e. The minimum absolute atomic E-state index is 0.0216. The molecule has 53 heavy (non-hydrogen) atoms. The zero-order valence-corrected chi connectivity index (χ0v) is 30.3. The zero-order chi connectivity index (χ0) is 39.8. The van der Waals surface area contributed by atoms with Crippen molar-refractivity contribution in [1.29, 1.82) is 0 Å². The van der Waals surface area contributed by atoms with Crippen LogP contribution in [0.3, 0.4) is 0 Å². The molecule has 1 aromatic carbocycles. The van der Waals surface area contributed by atoms with E-state index in [9.17, 15) is 43.5 Å². The van der Waals surface area contributed by atoms with Crippen LogP contribution in [0.2, 0.25) is 0 Å². The van der Waals surface area contributed by atoms with Crippen molar-refractivity contribution in [2.45, 2.75) is 90.1 Å². The van der Waals surface area contributed by atoms with Crippen LogP contribution >= 0.6 is 0 Å². The molecule has 2 rings (SSSR count). The minimum atomic E-state index is -1.41. The van der Waals surface area contributed by atoms with Gasteiger partial charge in [0.1, 0.15) is 36.3 Å². The van der Waals surface area contributed by atoms with Gasteiger partial charge < -0.3 is 53.5 Å². The Bertz CT molecular complexity index is 1580. The molecule has 0 saturated heterocycles. The molecular formula is C34H50N10O9. The number of amides is 7. The smallest absolute Gasteiger partial charge is 0.326 e. The lowest BCUT2D eigenvalue weighted by Gasteiger charge is -2.29. The van der Waals surface area contributed by atoms with Gasteiger partial charge in [0.25, 0.3) is 0 Å². The van der Waals surface area contributed by atoms with Crippen LogP contribution in [0.1, 0.15) is 52.3 Å². The standard InChI is InChI=1S/C34H50N10O9/c1-17(2)27(32(50)39-19(5)29(47)42-24(34(52)53)12-21-15-37-16-38-21)43-30(48)22(11-20-9-7-6-8-10-20)41-33(51)28(18(3)4)44-31(49)23(13-25(36)45)40-26(46)14-35/h6-10,15-19,22-24,27-28H,11-14,35H2,1-5H3,(H2,36,45)(H,37,38)(H,39,50)(H,40,46)(H,41,51)(H,42,47)(H,43,48)(H,44,49)(H,52,53)/t19-,22-,23-,24-,27-,28-/m0/s1. The molecule has 290 valence electrons. The van der Waals surface area contributed by atoms with E-state index >= 15 is 0 Å². The van der Waals surface area contributed by atoms with E-state index in [1.807, 2.05) is 0 Å². The highest BCUT2D eigenvalue weighted by atomic mass is 16.4. The van der Waals surface area contributed by atoms with Crippen LogP contribution in [0.25, 0.3) is 0 Å². The molecule has 7 amide bonds. The summed E-state index contributed by atoms with van der Waals surface area (Å²) in [7, 11) is 0. The van der Waals surface area contributed by atoms with Crippen molar-refractivity contribution in [3.63, 3.8) is 0 Å². The van der Waals surface area contributed by atoms with Crippen LogP contribution < -0.4 is 43.4 Å². The molecule has 0 saturated carbocycles. The Kier molecular flexibility index (Phi) is 17.1. The van der Waals surface area contributed by atoms with Crippen LogP contribution in [0.5, 0.6) is 0 Å². The number of hydrogen-bond acceptors (Lipinski definition) is 10. The van der Waals surface area contributed by atoms with Gasteiger partial charge in [0.05, 0.1) is 19.3 Å². The number of nitrogens with one attached hydrogen (secondary N) is 7. The Balaban J connectivity index is 2.24. The number of hydrogen-bond donors (Lipinski definition) is 10. The number of carboxylic acids is 1. The summed E-state index contributed by atoms with van der Waals surface area (Å²) < 4.78 is 0. The number of rotatable bonds is 21. The fourth-order valence-electron chi connectivity index (χ4n) is 5.04. The lowest BCUT2D eigenvalue weighted by molar-refractivity contribution is -0.142. The maximum atomic E-state index is 13.8. The van der Waals surface area contributed by atoms with Gasteiger partial charge >= 0.3 is 5.97 Å². The molecule has 0 aliphatic rings. The number of carbonyl (C=O) groups excluding carboxylic acids is 7. The van der Waals surface area contributed by atoms with Crippen molar-refractivity contribution in [2.24, 2.45) is 23.3 Å². The van der Waals surface area contributed by atoms with E-state index in [1.165, 1.54) is 19.4 Å². The van der Waals surface area contributed by atoms with E-state index < -0.39 is 108 Å². The highest BCUT2D eigenvalue weighted by Crippen LogP contribution is 2.10. The van der Waals surface area contributed by atoms with Crippen LogP contribution in [-0.4, -0.2) is 105 Å². The summed E-state index contributed by atoms with van der Waals surface area (Å²) >= 11 is 0. The van der Waals surface area contributed by atoms with Gasteiger partial charge in [-0.1, -0.05) is 58.0 Å². The number of aromatic nitrogens is 2. The first-order valence-corrected chi connectivity index (χ1v) is 17.0. The third-order valence-electron chi connectivity index (χ3n) is 8.00. The molecule has 19 heteroatoms. The first kappa shape index (κ1) is 43.3. The van der Waals surface area contributed by atoms with E-state index in [2.05, 4.69) is 41.9 Å². The number of imidazole rings is 1. The van der Waals surface area contributed by atoms with Gasteiger partial charge in [-0.15, -0.1) is 0 Å². The third kappa shape index (κ3) is 14.4. The van der Waals surface area contributed by atoms with Crippen LogP contribution in [0.15, 0.2) is 42.9 Å². The molecular weight excluding hydrogens is 692 g/mol. The van der Waals surface area contributed by atoms with E-state index in [0.717, 1.165) is 0 Å². The molecule has 1 heterocycles. The zero-order valence-electron chi connectivity index (χ0n) is 30.3. The summed E-state index contributed by atoms with van der Waals surface area (Å²) in [5.74, 6) is -7.90. The predicted molar refractivity (Wildman–Crippen MR) is 190 cm³/mol. The normalized spacial score (nSPS) is 14.4. The molecule has 0 aliphatic carbocycles. The number of H-pyrrole nitrogens is 1. The number of benzene rings is 1. The van der Waals surface area contributed by atoms with Gasteiger partial charge in [-0.25, -0.2) is 9.78 Å². The maximum absolute atomic E-state index is 13.8. The summed E-state index contributed by atoms with van der Waals surface area (Å²) in [5.41, 5.74) is 11.7. The molecule has 0 fully saturated rings. The number of aliphatic carboxylic acids is 1. The fraction of sp³-hybridized carbons (Fsp3) is 0.500. The topological polar surface area (TPSA) is 310 Å². The Morgan fingerprint density at radius 1 is 0.698 bits per heavy atom. The van der Waals surface area contributed by atoms with E-state index in [-0.39, 0.29) is 12.8 Å². The molecule has 0 spiro atoms. The van der Waals surface area contributed by atoms with Gasteiger partial charge in [0.15, 0.2) is 0 Å². The summed E-state index contributed by atoms with van der Waals surface area (Å²) in [4.78, 5) is 109. The Labute approximate surface area is 306 Å². The van der Waals surface area contributed by atoms with Gasteiger partial charge in [-0.2, -0.15) is 0 Å². The second-order valence-corrected chi connectivity index (χ2v) is 13.1. The van der Waals surface area contributed by atoms with Crippen molar-refractivity contribution in [3.05, 3.63) is 54.1 Å². The molecule has 0 aliphatic heterocycles. The summed E-state index contributed by atoms with van der Waals surface area (Å²) in [6.07, 6.45) is 2.12. The molecule has 19 nitrogen and oxygen atoms in total. The van der Waals surface area contributed by atoms with Crippen molar-refractivity contribution >= 4 is 47.3 Å². The lowest BCUT2D eigenvalue weighted by Crippen LogP contribution is -2.61. The Hall–Kier alpha value is -5.85. The number of nitrogens with zero attached hydrogens (tertiary/aromatic N) is 1. The van der Waals surface area contributed by atoms with Crippen LogP contribution in [0, 0.1) is 11.8 Å². The number of carbonyl (C=O) groups is 8. The van der Waals surface area contributed by atoms with Gasteiger partial charge in [-0.05, 0) is 24.3 Å². The molecule has 12 N–H and O–H groups in total. The predicted octanol–water partition coefficient (Wildman–Crippen LogP) is -2.65. The van der Waals surface area contributed by atoms with Crippen molar-refractivity contribution in [1.82, 2.24) is 41.9 Å². The van der Waals surface area contributed by atoms with Crippen molar-refractivity contribution in [2.75, 3.05) is 6.54 Å². The summed E-state index contributed by atoms with van der Waals surface area (Å²) in [6.45, 7) is 7.46. The minimum Gasteiger partial charge on any atom is -0.480 e. The van der Waals surface area contributed by atoms with Crippen molar-refractivity contribution < 1.29 is 43.5 Å². The second-order valence-electron chi connectivity index (χ2n) is 13.1. The Morgan fingerprint density at radius 3 is 1.74 bits per heavy atom. The molecule has 1 aromatic heterocycles. The average Bonchev–Trinajstić information content (AvgIpc) is 3.61. The molecule has 0 bridgehead atoms. The molecule has 0 radical (unpaired) electrons. The number of nitrogens with two attached hydrogens (primary N) is 2. The van der Waals surface area contributed by atoms with Gasteiger partial charge in [0, 0.05) is 24.7 Å². The first-order chi connectivity index (χ1) is 24.9. The Morgan fingerprint density at radius 2 is 1.25 bits per heavy atom. The van der Waals surface area contributed by atoms with E-state index in [4.69, 9.17) is 11.5 Å². The molecule has 6 atom stereocenters. The largest absolute Gasteiger partial charge is 0.480 e. The van der Waals surface area contributed by atoms with E-state index in [0.29, 0.717) is 11.3 Å². The first-order valence-electron chi connectivity index (χ1n) is 17.0. The number of primary amides is 1. The SMILES string of the molecule is CC(C)[C@H](NC(=O)[C@H](Cc1ccccc1)NC(=O)[C@@H](NC(=O)[C@H](CC(N)=O)NC(=O)CN)C(C)C)C(=O)N[C@@H](C)C(=O)N[C@@H](Cc1cnc[nH]1)C(=O)O. The number of aromatic amines is 1. The van der Waals surface area contributed by atoms with Gasteiger partial charge in [0.2, 0.25) is 41.4 Å². The lowest BCUT2D eigenvalue weighted by atomic mass is 9.99. The monoisotopic (exact) mass is 742 g/mol. The highest BCUT2D eigenvalue weighted by molar-refractivity contribution is 5.97. The second kappa shape index (κ2) is 20.9.